The molecule has 1 aromatic carbocycles. The second-order valence-corrected chi connectivity index (χ2v) is 6.32. The van der Waals surface area contributed by atoms with E-state index in [0.717, 1.165) is 16.9 Å². The van der Waals surface area contributed by atoms with Crippen LogP contribution in [0.25, 0.3) is 5.69 Å². The number of amides is 1. The highest BCUT2D eigenvalue weighted by atomic mass is 16.4. The van der Waals surface area contributed by atoms with Gasteiger partial charge >= 0.3 is 5.97 Å². The summed E-state index contributed by atoms with van der Waals surface area (Å²) < 4.78 is 1.75. The second kappa shape index (κ2) is 6.47. The fraction of sp³-hybridized carbons (Fsp3) is 0.389. The van der Waals surface area contributed by atoms with E-state index in [1.165, 1.54) is 0 Å². The highest BCUT2D eigenvalue weighted by molar-refractivity contribution is 5.95. The highest BCUT2D eigenvalue weighted by Crippen LogP contribution is 2.21. The summed E-state index contributed by atoms with van der Waals surface area (Å²) in [6.45, 7) is 4.73. The van der Waals surface area contributed by atoms with E-state index in [0.29, 0.717) is 24.9 Å². The number of nitrogens with zero attached hydrogens (tertiary/aromatic N) is 3. The lowest BCUT2D eigenvalue weighted by atomic mass is 9.98. The Kier molecular flexibility index (Phi) is 4.38. The average Bonchev–Trinajstić information content (AvgIpc) is 2.96. The van der Waals surface area contributed by atoms with Crippen molar-refractivity contribution in [1.29, 1.82) is 0 Å². The van der Waals surface area contributed by atoms with E-state index in [4.69, 9.17) is 0 Å². The van der Waals surface area contributed by atoms with Gasteiger partial charge in [0.25, 0.3) is 5.91 Å². The van der Waals surface area contributed by atoms with Gasteiger partial charge in [-0.25, -0.2) is 4.68 Å². The van der Waals surface area contributed by atoms with Gasteiger partial charge in [0, 0.05) is 13.1 Å². The number of hydrogen-bond donors (Lipinski definition) is 1. The fourth-order valence-corrected chi connectivity index (χ4v) is 3.17. The van der Waals surface area contributed by atoms with Gasteiger partial charge in [0.15, 0.2) is 0 Å². The van der Waals surface area contributed by atoms with Crippen molar-refractivity contribution in [2.75, 3.05) is 13.1 Å². The van der Waals surface area contributed by atoms with Crippen LogP contribution >= 0.6 is 0 Å². The molecule has 6 nitrogen and oxygen atoms in total. The molecule has 0 aliphatic carbocycles. The largest absolute Gasteiger partial charge is 0.481 e. The molecule has 3 rings (SSSR count). The molecule has 2 aromatic rings. The maximum atomic E-state index is 12.8. The molecule has 1 aliphatic heterocycles. The molecule has 24 heavy (non-hydrogen) atoms. The van der Waals surface area contributed by atoms with E-state index in [1.54, 1.807) is 15.8 Å². The Labute approximate surface area is 140 Å². The molecule has 0 bridgehead atoms. The number of aliphatic carboxylic acids is 1. The molecular formula is C18H21N3O3. The highest BCUT2D eigenvalue weighted by Gasteiger charge is 2.30. The van der Waals surface area contributed by atoms with Crippen LogP contribution in [0.2, 0.25) is 0 Å². The number of carboxylic acid groups (broad SMARTS) is 1. The number of carboxylic acids is 1. The number of likely N-dealkylation sites (tertiary alicyclic amines) is 1. The standard InChI is InChI=1S/C18H21N3O3/c1-12-5-3-7-15(9-12)21-13(2)16(10-19-21)17(22)20-8-4-6-14(11-20)18(23)24/h3,5,7,9-10,14H,4,6,8,11H2,1-2H3,(H,23,24). The number of aromatic nitrogens is 2. The quantitative estimate of drug-likeness (QED) is 0.939. The zero-order valence-electron chi connectivity index (χ0n) is 13.9. The Morgan fingerprint density at radius 2 is 2.08 bits per heavy atom. The number of aryl methyl sites for hydroxylation is 1. The van der Waals surface area contributed by atoms with Crippen LogP contribution in [0.5, 0.6) is 0 Å². The third-order valence-corrected chi connectivity index (χ3v) is 4.54. The molecule has 1 N–H and O–H groups in total. The monoisotopic (exact) mass is 327 g/mol. The lowest BCUT2D eigenvalue weighted by Crippen LogP contribution is -2.42. The van der Waals surface area contributed by atoms with E-state index in [-0.39, 0.29) is 12.5 Å². The molecule has 1 aliphatic rings. The summed E-state index contributed by atoms with van der Waals surface area (Å²) >= 11 is 0. The molecule has 1 aromatic heterocycles. The summed E-state index contributed by atoms with van der Waals surface area (Å²) in [5.74, 6) is -1.45. The van der Waals surface area contributed by atoms with Gasteiger partial charge in [-0.1, -0.05) is 12.1 Å². The van der Waals surface area contributed by atoms with Gasteiger partial charge < -0.3 is 10.0 Å². The molecule has 6 heteroatoms. The number of carbonyl (C=O) groups excluding carboxylic acids is 1. The van der Waals surface area contributed by atoms with Gasteiger partial charge in [-0.2, -0.15) is 5.10 Å². The molecule has 1 saturated heterocycles. The van der Waals surface area contributed by atoms with Crippen molar-refractivity contribution in [3.05, 3.63) is 47.3 Å². The maximum absolute atomic E-state index is 12.8. The zero-order chi connectivity index (χ0) is 17.3. The number of hydrogen-bond acceptors (Lipinski definition) is 3. The van der Waals surface area contributed by atoms with Crippen LogP contribution in [0.3, 0.4) is 0 Å². The number of carbonyl (C=O) groups is 2. The number of rotatable bonds is 3. The zero-order valence-corrected chi connectivity index (χ0v) is 13.9. The first-order chi connectivity index (χ1) is 11.5. The molecule has 1 unspecified atom stereocenters. The van der Waals surface area contributed by atoms with E-state index in [9.17, 15) is 14.7 Å². The number of piperidine rings is 1. The minimum atomic E-state index is -0.834. The first-order valence-electron chi connectivity index (χ1n) is 8.11. The van der Waals surface area contributed by atoms with Crippen molar-refractivity contribution in [3.63, 3.8) is 0 Å². The Morgan fingerprint density at radius 1 is 1.29 bits per heavy atom. The third-order valence-electron chi connectivity index (χ3n) is 4.54. The maximum Gasteiger partial charge on any atom is 0.308 e. The molecule has 1 fully saturated rings. The molecule has 0 spiro atoms. The van der Waals surface area contributed by atoms with Crippen molar-refractivity contribution in [3.8, 4) is 5.69 Å². The normalized spacial score (nSPS) is 17.8. The molecule has 0 saturated carbocycles. The Balaban J connectivity index is 1.85. The van der Waals surface area contributed by atoms with Crippen LogP contribution in [-0.2, 0) is 4.79 Å². The Bertz CT molecular complexity index is 782. The predicted octanol–water partition coefficient (Wildman–Crippen LogP) is 2.43. The smallest absolute Gasteiger partial charge is 0.308 e. The summed E-state index contributed by atoms with van der Waals surface area (Å²) in [6, 6.07) is 7.92. The predicted molar refractivity (Wildman–Crippen MR) is 89.3 cm³/mol. The van der Waals surface area contributed by atoms with E-state index < -0.39 is 11.9 Å². The molecule has 0 radical (unpaired) electrons. The van der Waals surface area contributed by atoms with Gasteiger partial charge in [-0.3, -0.25) is 9.59 Å². The lowest BCUT2D eigenvalue weighted by molar-refractivity contribution is -0.143. The Morgan fingerprint density at radius 3 is 2.79 bits per heavy atom. The summed E-state index contributed by atoms with van der Waals surface area (Å²) in [4.78, 5) is 25.6. The van der Waals surface area contributed by atoms with Gasteiger partial charge in [0.05, 0.1) is 29.1 Å². The van der Waals surface area contributed by atoms with Gasteiger partial charge in [-0.15, -0.1) is 0 Å². The minimum absolute atomic E-state index is 0.141. The molecule has 1 amide bonds. The van der Waals surface area contributed by atoms with E-state index in [1.807, 2.05) is 38.1 Å². The van der Waals surface area contributed by atoms with Crippen LogP contribution < -0.4 is 0 Å². The lowest BCUT2D eigenvalue weighted by Gasteiger charge is -2.30. The third kappa shape index (κ3) is 3.04. The minimum Gasteiger partial charge on any atom is -0.481 e. The van der Waals surface area contributed by atoms with Gasteiger partial charge in [0.1, 0.15) is 0 Å². The van der Waals surface area contributed by atoms with Crippen molar-refractivity contribution in [1.82, 2.24) is 14.7 Å². The van der Waals surface area contributed by atoms with Crippen LogP contribution in [0.1, 0.15) is 34.5 Å². The molecule has 126 valence electrons. The van der Waals surface area contributed by atoms with Crippen molar-refractivity contribution in [2.24, 2.45) is 5.92 Å². The van der Waals surface area contributed by atoms with Crippen molar-refractivity contribution >= 4 is 11.9 Å². The summed E-state index contributed by atoms with van der Waals surface area (Å²) in [7, 11) is 0. The van der Waals surface area contributed by atoms with Crippen LogP contribution in [0.15, 0.2) is 30.5 Å². The van der Waals surface area contributed by atoms with Crippen LogP contribution in [0.4, 0.5) is 0 Å². The number of benzene rings is 1. The average molecular weight is 327 g/mol. The summed E-state index contributed by atoms with van der Waals surface area (Å²) in [6.07, 6.45) is 2.92. The van der Waals surface area contributed by atoms with Gasteiger partial charge in [0.2, 0.25) is 0 Å². The molecule has 1 atom stereocenters. The Hall–Kier alpha value is -2.63. The van der Waals surface area contributed by atoms with Crippen LogP contribution in [0, 0.1) is 19.8 Å². The van der Waals surface area contributed by atoms with Gasteiger partial charge in [-0.05, 0) is 44.4 Å². The summed E-state index contributed by atoms with van der Waals surface area (Å²) in [5.41, 5.74) is 3.33. The SMILES string of the molecule is Cc1cccc(-n2ncc(C(=O)N3CCCC(C(=O)O)C3)c2C)c1. The van der Waals surface area contributed by atoms with E-state index >= 15 is 0 Å². The first kappa shape index (κ1) is 16.2. The molecule has 2 heterocycles. The first-order valence-corrected chi connectivity index (χ1v) is 8.11. The van der Waals surface area contributed by atoms with Crippen LogP contribution in [-0.4, -0.2) is 44.8 Å². The second-order valence-electron chi connectivity index (χ2n) is 6.32. The van der Waals surface area contributed by atoms with E-state index in [2.05, 4.69) is 5.10 Å². The van der Waals surface area contributed by atoms with Crippen molar-refractivity contribution in [2.45, 2.75) is 26.7 Å². The fourth-order valence-electron chi connectivity index (χ4n) is 3.17. The summed E-state index contributed by atoms with van der Waals surface area (Å²) in [5, 5.41) is 13.5. The molecular weight excluding hydrogens is 306 g/mol. The topological polar surface area (TPSA) is 75.4 Å². The van der Waals surface area contributed by atoms with Crippen molar-refractivity contribution < 1.29 is 14.7 Å².